The summed E-state index contributed by atoms with van der Waals surface area (Å²) in [6, 6.07) is 3.85. The molecular formula is C25H37FN4O6. The van der Waals surface area contributed by atoms with Gasteiger partial charge in [0.2, 0.25) is 5.91 Å². The van der Waals surface area contributed by atoms with Crippen molar-refractivity contribution in [3.63, 3.8) is 0 Å². The molecule has 0 radical (unpaired) electrons. The maximum absolute atomic E-state index is 14.8. The van der Waals surface area contributed by atoms with Gasteiger partial charge in [-0.1, -0.05) is 13.8 Å². The lowest BCUT2D eigenvalue weighted by molar-refractivity contribution is -0.124. The van der Waals surface area contributed by atoms with Crippen LogP contribution < -0.4 is 20.4 Å². The zero-order valence-corrected chi connectivity index (χ0v) is 21.6. The Morgan fingerprint density at radius 3 is 2.53 bits per heavy atom. The number of hydrogen-bond acceptors (Lipinski definition) is 7. The van der Waals surface area contributed by atoms with Gasteiger partial charge in [-0.25, -0.2) is 14.0 Å². The van der Waals surface area contributed by atoms with Gasteiger partial charge in [-0.15, -0.1) is 0 Å². The van der Waals surface area contributed by atoms with Gasteiger partial charge in [0.25, 0.3) is 0 Å². The average molecular weight is 509 g/mol. The predicted molar refractivity (Wildman–Crippen MR) is 133 cm³/mol. The highest BCUT2D eigenvalue weighted by molar-refractivity contribution is 5.90. The van der Waals surface area contributed by atoms with E-state index in [-0.39, 0.29) is 19.0 Å². The second-order valence-corrected chi connectivity index (χ2v) is 10.4. The van der Waals surface area contributed by atoms with E-state index in [0.717, 1.165) is 0 Å². The molecular weight excluding hydrogens is 471 g/mol. The van der Waals surface area contributed by atoms with E-state index in [0.29, 0.717) is 44.1 Å². The average Bonchev–Trinajstić information content (AvgIpc) is 3.16. The number of nitrogens with one attached hydrogen (secondary N) is 2. The largest absolute Gasteiger partial charge is 0.444 e. The molecule has 2 aliphatic rings. The third kappa shape index (κ3) is 7.71. The molecule has 2 saturated heterocycles. The minimum absolute atomic E-state index is 0.0556. The third-order valence-electron chi connectivity index (χ3n) is 5.69. The first-order chi connectivity index (χ1) is 16.9. The van der Waals surface area contributed by atoms with Crippen LogP contribution in [0.4, 0.5) is 25.4 Å². The molecule has 2 fully saturated rings. The van der Waals surface area contributed by atoms with Crippen molar-refractivity contribution in [2.45, 2.75) is 58.8 Å². The Morgan fingerprint density at radius 2 is 1.92 bits per heavy atom. The number of cyclic esters (lactones) is 1. The van der Waals surface area contributed by atoms with Crippen molar-refractivity contribution in [2.24, 2.45) is 5.92 Å². The van der Waals surface area contributed by atoms with Gasteiger partial charge in [0.05, 0.1) is 37.7 Å². The summed E-state index contributed by atoms with van der Waals surface area (Å²) in [4.78, 5) is 40.7. The van der Waals surface area contributed by atoms with Crippen molar-refractivity contribution in [1.82, 2.24) is 10.6 Å². The highest BCUT2D eigenvalue weighted by atomic mass is 19.1. The smallest absolute Gasteiger partial charge is 0.414 e. The number of carbonyl (C=O) groups is 3. The van der Waals surface area contributed by atoms with Crippen molar-refractivity contribution in [3.05, 3.63) is 24.0 Å². The molecule has 36 heavy (non-hydrogen) atoms. The standard InChI is InChI=1S/C25H37FN4O6/c1-16(2)12-20(28-23(32)36-25(3,4)5)22(31)27-14-18-15-30(24(33)35-18)17-6-7-21(19(26)13-17)29-8-10-34-11-9-29/h6-7,13,16,18,20H,8-12,14-15H2,1-5H3,(H,27,31)(H,28,32)/t18-,20?/m0/s1. The summed E-state index contributed by atoms with van der Waals surface area (Å²) in [7, 11) is 0. The monoisotopic (exact) mass is 508 g/mol. The molecule has 1 unspecified atom stereocenters. The van der Waals surface area contributed by atoms with Crippen molar-refractivity contribution in [3.8, 4) is 0 Å². The molecule has 2 N–H and O–H groups in total. The number of alkyl carbamates (subject to hydrolysis) is 1. The van der Waals surface area contributed by atoms with Gasteiger partial charge in [0.15, 0.2) is 0 Å². The summed E-state index contributed by atoms with van der Waals surface area (Å²) in [5, 5.41) is 5.37. The maximum atomic E-state index is 14.8. The first kappa shape index (κ1) is 27.5. The lowest BCUT2D eigenvalue weighted by Crippen LogP contribution is -2.50. The van der Waals surface area contributed by atoms with Crippen LogP contribution in [0, 0.1) is 11.7 Å². The topological polar surface area (TPSA) is 109 Å². The normalized spacial score (nSPS) is 19.2. The Hall–Kier alpha value is -3.08. The number of benzene rings is 1. The van der Waals surface area contributed by atoms with E-state index in [1.54, 1.807) is 32.9 Å². The fraction of sp³-hybridized carbons (Fsp3) is 0.640. The summed E-state index contributed by atoms with van der Waals surface area (Å²) in [5.74, 6) is -0.681. The molecule has 0 bridgehead atoms. The number of nitrogens with zero attached hydrogens (tertiary/aromatic N) is 2. The Bertz CT molecular complexity index is 945. The van der Waals surface area contributed by atoms with Crippen LogP contribution in [0.25, 0.3) is 0 Å². The Morgan fingerprint density at radius 1 is 1.22 bits per heavy atom. The summed E-state index contributed by atoms with van der Waals surface area (Å²) in [6.45, 7) is 11.6. The molecule has 0 saturated carbocycles. The van der Waals surface area contributed by atoms with Crippen LogP contribution in [0.1, 0.15) is 41.0 Å². The molecule has 0 aliphatic carbocycles. The van der Waals surface area contributed by atoms with Crippen LogP contribution >= 0.6 is 0 Å². The van der Waals surface area contributed by atoms with Crippen LogP contribution in [0.15, 0.2) is 18.2 Å². The highest BCUT2D eigenvalue weighted by Crippen LogP contribution is 2.28. The van der Waals surface area contributed by atoms with Crippen molar-refractivity contribution < 1.29 is 33.0 Å². The molecule has 200 valence electrons. The number of carbonyl (C=O) groups excluding carboxylic acids is 3. The van der Waals surface area contributed by atoms with E-state index in [2.05, 4.69) is 10.6 Å². The lowest BCUT2D eigenvalue weighted by atomic mass is 10.0. The molecule has 3 rings (SSSR count). The summed E-state index contributed by atoms with van der Waals surface area (Å²) < 4.78 is 30.8. The first-order valence-corrected chi connectivity index (χ1v) is 12.3. The van der Waals surface area contributed by atoms with Crippen molar-refractivity contribution in [1.29, 1.82) is 0 Å². The van der Waals surface area contributed by atoms with E-state index in [1.807, 2.05) is 18.7 Å². The second-order valence-electron chi connectivity index (χ2n) is 10.4. The third-order valence-corrected chi connectivity index (χ3v) is 5.69. The number of hydrogen-bond donors (Lipinski definition) is 2. The van der Waals surface area contributed by atoms with Crippen molar-refractivity contribution in [2.75, 3.05) is 49.2 Å². The molecule has 2 heterocycles. The van der Waals surface area contributed by atoms with Gasteiger partial charge in [0.1, 0.15) is 23.6 Å². The second kappa shape index (κ2) is 11.8. The molecule has 2 aliphatic heterocycles. The van der Waals surface area contributed by atoms with Crippen LogP contribution in [0.5, 0.6) is 0 Å². The Balaban J connectivity index is 1.57. The zero-order valence-electron chi connectivity index (χ0n) is 21.6. The molecule has 1 aromatic carbocycles. The fourth-order valence-corrected chi connectivity index (χ4v) is 4.05. The molecule has 2 atom stereocenters. The lowest BCUT2D eigenvalue weighted by Gasteiger charge is -2.29. The van der Waals surface area contributed by atoms with Gasteiger partial charge in [-0.05, 0) is 51.3 Å². The molecule has 0 spiro atoms. The van der Waals surface area contributed by atoms with Crippen molar-refractivity contribution >= 4 is 29.5 Å². The van der Waals surface area contributed by atoms with Gasteiger partial charge in [-0.2, -0.15) is 0 Å². The molecule has 11 heteroatoms. The Kier molecular flexibility index (Phi) is 8.99. The first-order valence-electron chi connectivity index (χ1n) is 12.3. The zero-order chi connectivity index (χ0) is 26.5. The number of rotatable bonds is 8. The number of halogens is 1. The summed E-state index contributed by atoms with van der Waals surface area (Å²) in [5.41, 5.74) is 0.157. The quantitative estimate of drug-likeness (QED) is 0.556. The fourth-order valence-electron chi connectivity index (χ4n) is 4.05. The van der Waals surface area contributed by atoms with E-state index < -0.39 is 41.7 Å². The van der Waals surface area contributed by atoms with Gasteiger partial charge in [-0.3, -0.25) is 9.69 Å². The highest BCUT2D eigenvalue weighted by Gasteiger charge is 2.34. The number of amides is 3. The van der Waals surface area contributed by atoms with Crippen LogP contribution in [0.2, 0.25) is 0 Å². The van der Waals surface area contributed by atoms with Crippen LogP contribution in [0.3, 0.4) is 0 Å². The van der Waals surface area contributed by atoms with Gasteiger partial charge >= 0.3 is 12.2 Å². The summed E-state index contributed by atoms with van der Waals surface area (Å²) in [6.07, 6.45) is -1.50. The maximum Gasteiger partial charge on any atom is 0.414 e. The number of anilines is 2. The molecule has 1 aromatic rings. The van der Waals surface area contributed by atoms with E-state index in [4.69, 9.17) is 14.2 Å². The molecule has 10 nitrogen and oxygen atoms in total. The van der Waals surface area contributed by atoms with E-state index >= 15 is 0 Å². The number of ether oxygens (including phenoxy) is 3. The predicted octanol–water partition coefficient (Wildman–Crippen LogP) is 3.04. The minimum Gasteiger partial charge on any atom is -0.444 e. The van der Waals surface area contributed by atoms with Gasteiger partial charge < -0.3 is 29.7 Å². The molecule has 3 amide bonds. The van der Waals surface area contributed by atoms with E-state index in [9.17, 15) is 18.8 Å². The SMILES string of the molecule is CC(C)CC(NC(=O)OC(C)(C)C)C(=O)NC[C@H]1CN(c2ccc(N3CCOCC3)c(F)c2)C(=O)O1. The molecule has 0 aromatic heterocycles. The van der Waals surface area contributed by atoms with E-state index in [1.165, 1.54) is 11.0 Å². The minimum atomic E-state index is -0.796. The van der Waals surface area contributed by atoms with Crippen LogP contribution in [-0.4, -0.2) is 75.2 Å². The van der Waals surface area contributed by atoms with Crippen LogP contribution in [-0.2, 0) is 19.0 Å². The summed E-state index contributed by atoms with van der Waals surface area (Å²) >= 11 is 0. The number of morpholine rings is 1. The van der Waals surface area contributed by atoms with Gasteiger partial charge in [0, 0.05) is 13.1 Å². The Labute approximate surface area is 211 Å².